The van der Waals surface area contributed by atoms with Gasteiger partial charge in [-0.2, -0.15) is 0 Å². The SMILES string of the molecule is C=CCCCN(C)C(=O)c1cccc(N)c1Br. The third-order valence-electron chi connectivity index (χ3n) is 2.51. The number of halogens is 1. The van der Waals surface area contributed by atoms with Crippen LogP contribution in [0.4, 0.5) is 5.69 Å². The van der Waals surface area contributed by atoms with Gasteiger partial charge in [-0.3, -0.25) is 4.79 Å². The number of unbranched alkanes of at least 4 members (excludes halogenated alkanes) is 1. The van der Waals surface area contributed by atoms with E-state index < -0.39 is 0 Å². The third kappa shape index (κ3) is 3.60. The smallest absolute Gasteiger partial charge is 0.254 e. The molecule has 0 bridgehead atoms. The molecule has 0 heterocycles. The Morgan fingerprint density at radius 2 is 2.29 bits per heavy atom. The van der Waals surface area contributed by atoms with Crippen molar-refractivity contribution in [2.24, 2.45) is 0 Å². The van der Waals surface area contributed by atoms with Gasteiger partial charge in [0.1, 0.15) is 0 Å². The molecule has 0 aromatic heterocycles. The molecule has 0 aliphatic rings. The molecule has 0 aliphatic carbocycles. The van der Waals surface area contributed by atoms with Gasteiger partial charge < -0.3 is 10.6 Å². The van der Waals surface area contributed by atoms with Crippen LogP contribution in [0.2, 0.25) is 0 Å². The highest BCUT2D eigenvalue weighted by atomic mass is 79.9. The summed E-state index contributed by atoms with van der Waals surface area (Å²) in [6.07, 6.45) is 3.69. The Morgan fingerprint density at radius 3 is 2.94 bits per heavy atom. The zero-order valence-electron chi connectivity index (χ0n) is 9.95. The van der Waals surface area contributed by atoms with Gasteiger partial charge >= 0.3 is 0 Å². The summed E-state index contributed by atoms with van der Waals surface area (Å²) in [5, 5.41) is 0. The van der Waals surface area contributed by atoms with Crippen molar-refractivity contribution in [1.29, 1.82) is 0 Å². The highest BCUT2D eigenvalue weighted by Crippen LogP contribution is 2.24. The Hall–Kier alpha value is -1.29. The number of allylic oxidation sites excluding steroid dienone is 1. The van der Waals surface area contributed by atoms with Gasteiger partial charge in [0.2, 0.25) is 0 Å². The molecule has 0 fully saturated rings. The van der Waals surface area contributed by atoms with Gasteiger partial charge in [-0.05, 0) is 40.9 Å². The lowest BCUT2D eigenvalue weighted by atomic mass is 10.1. The monoisotopic (exact) mass is 296 g/mol. The zero-order valence-corrected chi connectivity index (χ0v) is 11.5. The number of nitrogens with zero attached hydrogens (tertiary/aromatic N) is 1. The summed E-state index contributed by atoms with van der Waals surface area (Å²) >= 11 is 3.34. The summed E-state index contributed by atoms with van der Waals surface area (Å²) in [4.78, 5) is 13.8. The molecule has 0 saturated heterocycles. The van der Waals surface area contributed by atoms with Crippen LogP contribution in [0.3, 0.4) is 0 Å². The minimum absolute atomic E-state index is 0.0202. The maximum absolute atomic E-state index is 12.1. The lowest BCUT2D eigenvalue weighted by Crippen LogP contribution is -2.28. The second kappa shape index (κ2) is 6.45. The fourth-order valence-corrected chi connectivity index (χ4v) is 1.93. The predicted octanol–water partition coefficient (Wildman–Crippen LogP) is 3.07. The van der Waals surface area contributed by atoms with Gasteiger partial charge in [0.15, 0.2) is 0 Å². The number of benzene rings is 1. The number of nitrogens with two attached hydrogens (primary N) is 1. The third-order valence-corrected chi connectivity index (χ3v) is 3.39. The fourth-order valence-electron chi connectivity index (χ4n) is 1.49. The number of hydrogen-bond acceptors (Lipinski definition) is 2. The average molecular weight is 297 g/mol. The van der Waals surface area contributed by atoms with Crippen molar-refractivity contribution in [3.63, 3.8) is 0 Å². The molecule has 3 nitrogen and oxygen atoms in total. The number of carbonyl (C=O) groups excluding carboxylic acids is 1. The highest BCUT2D eigenvalue weighted by molar-refractivity contribution is 9.10. The first-order chi connectivity index (χ1) is 8.07. The first kappa shape index (κ1) is 13.8. The Kier molecular flexibility index (Phi) is 5.22. The summed E-state index contributed by atoms with van der Waals surface area (Å²) in [5.41, 5.74) is 6.93. The molecule has 2 N–H and O–H groups in total. The van der Waals surface area contributed by atoms with Gasteiger partial charge in [0.25, 0.3) is 5.91 Å². The summed E-state index contributed by atoms with van der Waals surface area (Å²) in [7, 11) is 1.79. The van der Waals surface area contributed by atoms with E-state index in [9.17, 15) is 4.79 Å². The molecule has 92 valence electrons. The first-order valence-corrected chi connectivity index (χ1v) is 6.27. The molecule has 17 heavy (non-hydrogen) atoms. The van der Waals surface area contributed by atoms with Crippen molar-refractivity contribution in [2.45, 2.75) is 12.8 Å². The van der Waals surface area contributed by atoms with Crippen molar-refractivity contribution in [1.82, 2.24) is 4.90 Å². The van der Waals surface area contributed by atoms with Crippen LogP contribution in [0.25, 0.3) is 0 Å². The first-order valence-electron chi connectivity index (χ1n) is 5.48. The molecule has 0 saturated carbocycles. The molecule has 0 unspecified atom stereocenters. The number of anilines is 1. The zero-order chi connectivity index (χ0) is 12.8. The molecular weight excluding hydrogens is 280 g/mol. The summed E-state index contributed by atoms with van der Waals surface area (Å²) in [6, 6.07) is 5.32. The number of carbonyl (C=O) groups is 1. The van der Waals surface area contributed by atoms with Crippen molar-refractivity contribution in [2.75, 3.05) is 19.3 Å². The lowest BCUT2D eigenvalue weighted by Gasteiger charge is -2.18. The predicted molar refractivity (Wildman–Crippen MR) is 74.9 cm³/mol. The molecule has 1 amide bonds. The van der Waals surface area contributed by atoms with Crippen LogP contribution in [0.15, 0.2) is 35.3 Å². The quantitative estimate of drug-likeness (QED) is 0.516. The van der Waals surface area contributed by atoms with E-state index in [2.05, 4.69) is 22.5 Å². The Balaban J connectivity index is 2.75. The van der Waals surface area contributed by atoms with Crippen LogP contribution in [0, 0.1) is 0 Å². The van der Waals surface area contributed by atoms with E-state index in [0.717, 1.165) is 12.8 Å². The number of amides is 1. The molecule has 0 spiro atoms. The van der Waals surface area contributed by atoms with Gasteiger partial charge in [-0.25, -0.2) is 0 Å². The van der Waals surface area contributed by atoms with Gasteiger partial charge in [0, 0.05) is 19.3 Å². The Bertz CT molecular complexity index is 418. The van der Waals surface area contributed by atoms with Crippen LogP contribution in [-0.2, 0) is 0 Å². The summed E-state index contributed by atoms with van der Waals surface area (Å²) in [5.74, 6) is -0.0202. The average Bonchev–Trinajstić information content (AvgIpc) is 2.32. The minimum Gasteiger partial charge on any atom is -0.398 e. The van der Waals surface area contributed by atoms with Gasteiger partial charge in [-0.1, -0.05) is 12.1 Å². The van der Waals surface area contributed by atoms with Crippen molar-refractivity contribution < 1.29 is 4.79 Å². The normalized spacial score (nSPS) is 10.0. The van der Waals surface area contributed by atoms with Crippen LogP contribution in [-0.4, -0.2) is 24.4 Å². The van der Waals surface area contributed by atoms with Crippen LogP contribution >= 0.6 is 15.9 Å². The molecular formula is C13H17BrN2O. The van der Waals surface area contributed by atoms with Crippen LogP contribution < -0.4 is 5.73 Å². The van der Waals surface area contributed by atoms with Gasteiger partial charge in [0.05, 0.1) is 10.0 Å². The maximum atomic E-state index is 12.1. The summed E-state index contributed by atoms with van der Waals surface area (Å²) in [6.45, 7) is 4.37. The molecule has 1 rings (SSSR count). The van der Waals surface area contributed by atoms with Crippen molar-refractivity contribution in [3.8, 4) is 0 Å². The van der Waals surface area contributed by atoms with E-state index in [1.54, 1.807) is 30.1 Å². The summed E-state index contributed by atoms with van der Waals surface area (Å²) < 4.78 is 0.667. The second-order valence-corrected chi connectivity index (χ2v) is 4.66. The largest absolute Gasteiger partial charge is 0.398 e. The van der Waals surface area contributed by atoms with Crippen molar-refractivity contribution >= 4 is 27.5 Å². The topological polar surface area (TPSA) is 46.3 Å². The maximum Gasteiger partial charge on any atom is 0.254 e. The fraction of sp³-hybridized carbons (Fsp3) is 0.308. The highest BCUT2D eigenvalue weighted by Gasteiger charge is 2.15. The number of hydrogen-bond donors (Lipinski definition) is 1. The minimum atomic E-state index is -0.0202. The van der Waals surface area contributed by atoms with E-state index >= 15 is 0 Å². The van der Waals surface area contributed by atoms with E-state index in [-0.39, 0.29) is 5.91 Å². The molecule has 1 aromatic rings. The Morgan fingerprint density at radius 1 is 1.59 bits per heavy atom. The van der Waals surface area contributed by atoms with E-state index in [1.807, 2.05) is 6.08 Å². The van der Waals surface area contributed by atoms with Crippen LogP contribution in [0.5, 0.6) is 0 Å². The molecule has 1 aromatic carbocycles. The number of rotatable bonds is 5. The molecule has 0 radical (unpaired) electrons. The molecule has 4 heteroatoms. The standard InChI is InChI=1S/C13H17BrN2O/c1-3-4-5-9-16(2)13(17)10-7-6-8-11(15)12(10)14/h3,6-8H,1,4-5,9,15H2,2H3. The van der Waals surface area contributed by atoms with Gasteiger partial charge in [-0.15, -0.1) is 6.58 Å². The van der Waals surface area contributed by atoms with Crippen LogP contribution in [0.1, 0.15) is 23.2 Å². The van der Waals surface area contributed by atoms with E-state index in [4.69, 9.17) is 5.73 Å². The second-order valence-electron chi connectivity index (χ2n) is 3.87. The lowest BCUT2D eigenvalue weighted by molar-refractivity contribution is 0.0793. The number of nitrogen functional groups attached to an aromatic ring is 1. The molecule has 0 atom stereocenters. The van der Waals surface area contributed by atoms with E-state index in [0.29, 0.717) is 22.3 Å². The Labute approximate surface area is 110 Å². The van der Waals surface area contributed by atoms with Crippen molar-refractivity contribution in [3.05, 3.63) is 40.9 Å². The van der Waals surface area contributed by atoms with E-state index in [1.165, 1.54) is 0 Å². The molecule has 0 aliphatic heterocycles.